The van der Waals surface area contributed by atoms with Gasteiger partial charge in [0.1, 0.15) is 11.6 Å². The van der Waals surface area contributed by atoms with Gasteiger partial charge in [-0.3, -0.25) is 0 Å². The molecule has 11 heteroatoms. The number of nitrogens with zero attached hydrogens (tertiary/aromatic N) is 5. The van der Waals surface area contributed by atoms with Crippen LogP contribution in [-0.4, -0.2) is 54.9 Å². The van der Waals surface area contributed by atoms with Crippen molar-refractivity contribution in [2.45, 2.75) is 45.9 Å². The number of carboxylic acids is 1. The molecule has 4 rings (SSSR count). The lowest BCUT2D eigenvalue weighted by atomic mass is 9.96. The molecular formula is C26H31N7O4. The fourth-order valence-corrected chi connectivity index (χ4v) is 4.44. The van der Waals surface area contributed by atoms with Gasteiger partial charge in [-0.15, -0.1) is 0 Å². The van der Waals surface area contributed by atoms with Crippen LogP contribution >= 0.6 is 0 Å². The molecule has 2 unspecified atom stereocenters. The van der Waals surface area contributed by atoms with Crippen molar-refractivity contribution in [1.82, 2.24) is 19.9 Å². The lowest BCUT2D eigenvalue weighted by Gasteiger charge is -2.35. The molecular weight excluding hydrogens is 474 g/mol. The van der Waals surface area contributed by atoms with Gasteiger partial charge in [0.2, 0.25) is 11.9 Å². The minimum atomic E-state index is -1.70. The maximum absolute atomic E-state index is 12.0. The van der Waals surface area contributed by atoms with Crippen molar-refractivity contribution in [1.29, 1.82) is 0 Å². The molecule has 0 bridgehead atoms. The number of carboxylic acid groups (broad SMARTS) is 1. The number of aliphatic hydroxyl groups is 1. The molecule has 0 saturated carbocycles. The van der Waals surface area contributed by atoms with Crippen molar-refractivity contribution in [3.05, 3.63) is 48.2 Å². The summed E-state index contributed by atoms with van der Waals surface area (Å²) >= 11 is 0. The Hall–Kier alpha value is -4.25. The van der Waals surface area contributed by atoms with Gasteiger partial charge in [-0.25, -0.2) is 9.78 Å². The molecule has 4 aromatic rings. The summed E-state index contributed by atoms with van der Waals surface area (Å²) in [6, 6.07) is 10.8. The summed E-state index contributed by atoms with van der Waals surface area (Å²) in [5.74, 6) is -0.359. The average Bonchev–Trinajstić information content (AvgIpc) is 2.86. The summed E-state index contributed by atoms with van der Waals surface area (Å²) in [4.78, 5) is 30.9. The second-order valence-electron chi connectivity index (χ2n) is 9.18. The second kappa shape index (κ2) is 10.8. The number of ether oxygens (including phenoxy) is 1. The molecule has 11 nitrogen and oxygen atoms in total. The topological polar surface area (TPSA) is 174 Å². The fourth-order valence-electron chi connectivity index (χ4n) is 4.44. The molecule has 0 aliphatic rings. The molecule has 0 aliphatic heterocycles. The van der Waals surface area contributed by atoms with Crippen molar-refractivity contribution in [3.8, 4) is 5.75 Å². The first kappa shape index (κ1) is 25.8. The van der Waals surface area contributed by atoms with Crippen LogP contribution in [0.25, 0.3) is 21.8 Å². The third kappa shape index (κ3) is 5.46. The van der Waals surface area contributed by atoms with Crippen LogP contribution in [0.1, 0.15) is 32.8 Å². The lowest BCUT2D eigenvalue weighted by molar-refractivity contribution is -0.148. The summed E-state index contributed by atoms with van der Waals surface area (Å²) in [6.07, 6.45) is 0.135. The van der Waals surface area contributed by atoms with Gasteiger partial charge in [-0.2, -0.15) is 15.0 Å². The van der Waals surface area contributed by atoms with Gasteiger partial charge in [0.25, 0.3) is 0 Å². The molecule has 0 spiro atoms. The van der Waals surface area contributed by atoms with Crippen LogP contribution < -0.4 is 21.1 Å². The number of aliphatic hydroxyl groups excluding tert-OH is 1. The highest BCUT2D eigenvalue weighted by molar-refractivity contribution is 5.88. The predicted molar refractivity (Wildman–Crippen MR) is 142 cm³/mol. The maximum atomic E-state index is 12.0. The monoisotopic (exact) mass is 505 g/mol. The van der Waals surface area contributed by atoms with Gasteiger partial charge in [0.05, 0.1) is 24.6 Å². The zero-order valence-corrected chi connectivity index (χ0v) is 21.0. The molecule has 0 amide bonds. The Morgan fingerprint density at radius 1 is 1.08 bits per heavy atom. The standard InChI is InChI=1S/C26H31N7O4/c1-4-37-20-10-9-15-7-5-6-8-16(15)18(20)13-33(19(11-14(2)3)21(34)24(35)36)26-29-12-17-22(27)30-25(28)31-23(17)32-26/h5-10,12,14,19,21,34H,4,11,13H2,1-3H3,(H,35,36)(H4,27,28,29,30,31,32). The molecule has 6 N–H and O–H groups in total. The van der Waals surface area contributed by atoms with E-state index in [1.807, 2.05) is 57.2 Å². The van der Waals surface area contributed by atoms with Crippen LogP contribution in [0, 0.1) is 5.92 Å². The van der Waals surface area contributed by atoms with Crippen molar-refractivity contribution < 1.29 is 19.7 Å². The number of fused-ring (bicyclic) bond motifs is 2. The number of rotatable bonds is 10. The van der Waals surface area contributed by atoms with Gasteiger partial charge < -0.3 is 31.3 Å². The first-order chi connectivity index (χ1) is 17.7. The highest BCUT2D eigenvalue weighted by Crippen LogP contribution is 2.33. The SMILES string of the molecule is CCOc1ccc2ccccc2c1CN(c1ncc2c(N)nc(N)nc2n1)C(CC(C)C)C(O)C(=O)O. The first-order valence-corrected chi connectivity index (χ1v) is 12.1. The summed E-state index contributed by atoms with van der Waals surface area (Å²) < 4.78 is 5.95. The molecule has 0 fully saturated rings. The van der Waals surface area contributed by atoms with Gasteiger partial charge in [-0.05, 0) is 36.1 Å². The molecule has 194 valence electrons. The van der Waals surface area contributed by atoms with Crippen LogP contribution in [-0.2, 0) is 11.3 Å². The molecule has 0 radical (unpaired) electrons. The number of anilines is 3. The van der Waals surface area contributed by atoms with E-state index in [2.05, 4.69) is 19.9 Å². The van der Waals surface area contributed by atoms with Crippen molar-refractivity contribution in [2.75, 3.05) is 23.0 Å². The fraction of sp³-hybridized carbons (Fsp3) is 0.346. The van der Waals surface area contributed by atoms with E-state index < -0.39 is 18.1 Å². The number of aromatic nitrogens is 4. The van der Waals surface area contributed by atoms with Crippen LogP contribution in [0.5, 0.6) is 5.75 Å². The number of hydrogen-bond donors (Lipinski definition) is 4. The number of aliphatic carboxylic acids is 1. The minimum absolute atomic E-state index is 0.0433. The van der Waals surface area contributed by atoms with E-state index in [9.17, 15) is 15.0 Å². The smallest absolute Gasteiger partial charge is 0.334 e. The quantitative estimate of drug-likeness (QED) is 0.249. The Labute approximate surface area is 214 Å². The zero-order chi connectivity index (χ0) is 26.7. The first-order valence-electron chi connectivity index (χ1n) is 12.1. The molecule has 0 aliphatic carbocycles. The highest BCUT2D eigenvalue weighted by Gasteiger charge is 2.34. The van der Waals surface area contributed by atoms with Gasteiger partial charge >= 0.3 is 5.97 Å². The predicted octanol–water partition coefficient (Wildman–Crippen LogP) is 3.00. The minimum Gasteiger partial charge on any atom is -0.494 e. The lowest BCUT2D eigenvalue weighted by Crippen LogP contribution is -2.48. The van der Waals surface area contributed by atoms with Crippen LogP contribution in [0.4, 0.5) is 17.7 Å². The third-order valence-corrected chi connectivity index (χ3v) is 6.10. The van der Waals surface area contributed by atoms with E-state index in [-0.39, 0.29) is 35.8 Å². The number of benzene rings is 2. The third-order valence-electron chi connectivity index (χ3n) is 6.10. The normalized spacial score (nSPS) is 13.1. The van der Waals surface area contributed by atoms with Crippen molar-refractivity contribution in [2.24, 2.45) is 5.92 Å². The Bertz CT molecular complexity index is 1430. The summed E-state index contributed by atoms with van der Waals surface area (Å²) in [6.45, 7) is 6.42. The van der Waals surface area contributed by atoms with E-state index in [1.165, 1.54) is 6.20 Å². The second-order valence-corrected chi connectivity index (χ2v) is 9.18. The van der Waals surface area contributed by atoms with E-state index >= 15 is 0 Å². The van der Waals surface area contributed by atoms with Crippen LogP contribution in [0.3, 0.4) is 0 Å². The van der Waals surface area contributed by atoms with Crippen LogP contribution in [0.15, 0.2) is 42.6 Å². The Kier molecular flexibility index (Phi) is 7.53. The number of nitrogens with two attached hydrogens (primary N) is 2. The van der Waals surface area contributed by atoms with E-state index in [4.69, 9.17) is 16.2 Å². The maximum Gasteiger partial charge on any atom is 0.334 e. The molecule has 37 heavy (non-hydrogen) atoms. The largest absolute Gasteiger partial charge is 0.494 e. The summed E-state index contributed by atoms with van der Waals surface area (Å²) in [7, 11) is 0. The highest BCUT2D eigenvalue weighted by atomic mass is 16.5. The Balaban J connectivity index is 1.93. The zero-order valence-electron chi connectivity index (χ0n) is 21.0. The van der Waals surface area contributed by atoms with Crippen molar-refractivity contribution in [3.63, 3.8) is 0 Å². The van der Waals surface area contributed by atoms with Gasteiger partial charge in [0.15, 0.2) is 11.8 Å². The number of hydrogen-bond acceptors (Lipinski definition) is 10. The van der Waals surface area contributed by atoms with E-state index in [1.54, 1.807) is 4.90 Å². The van der Waals surface area contributed by atoms with Gasteiger partial charge in [0, 0.05) is 11.8 Å². The Morgan fingerprint density at radius 2 is 1.84 bits per heavy atom. The van der Waals surface area contributed by atoms with Crippen molar-refractivity contribution >= 4 is 45.5 Å². The molecule has 2 aromatic carbocycles. The van der Waals surface area contributed by atoms with Gasteiger partial charge in [-0.1, -0.05) is 44.2 Å². The average molecular weight is 506 g/mol. The van der Waals surface area contributed by atoms with E-state index in [0.717, 1.165) is 16.3 Å². The molecule has 2 heterocycles. The molecule has 2 atom stereocenters. The molecule has 0 saturated heterocycles. The summed E-state index contributed by atoms with van der Waals surface area (Å²) in [5, 5.41) is 23.0. The molecule has 2 aromatic heterocycles. The Morgan fingerprint density at radius 3 is 2.54 bits per heavy atom. The van der Waals surface area contributed by atoms with E-state index in [0.29, 0.717) is 24.2 Å². The van der Waals surface area contributed by atoms with Crippen LogP contribution in [0.2, 0.25) is 0 Å². The number of nitrogen functional groups attached to an aromatic ring is 2. The summed E-state index contributed by atoms with van der Waals surface area (Å²) in [5.41, 5.74) is 12.8. The number of carbonyl (C=O) groups is 1.